The lowest BCUT2D eigenvalue weighted by Crippen LogP contribution is -1.77. The maximum absolute atomic E-state index is 6.00. The summed E-state index contributed by atoms with van der Waals surface area (Å²) in [5, 5.41) is 1.67. The molecule has 0 atom stereocenters. The predicted octanol–water partition coefficient (Wildman–Crippen LogP) is 4.06. The van der Waals surface area contributed by atoms with Gasteiger partial charge in [0.2, 0.25) is 0 Å². The van der Waals surface area contributed by atoms with Crippen molar-refractivity contribution in [1.82, 2.24) is 0 Å². The van der Waals surface area contributed by atoms with Crippen LogP contribution in [0.5, 0.6) is 0 Å². The van der Waals surface area contributed by atoms with Crippen molar-refractivity contribution in [2.75, 3.05) is 5.33 Å². The fraction of sp³-hybridized carbons (Fsp3) is 0.200. The summed E-state index contributed by atoms with van der Waals surface area (Å²) in [6.45, 7) is 2.03. The van der Waals surface area contributed by atoms with Crippen molar-refractivity contribution in [3.8, 4) is 0 Å². The molecule has 0 saturated heterocycles. The minimum Gasteiger partial charge on any atom is -0.0883 e. The molecule has 0 fully saturated rings. The Morgan fingerprint density at radius 3 is 2.83 bits per heavy atom. The molecule has 0 unspecified atom stereocenters. The summed E-state index contributed by atoms with van der Waals surface area (Å²) >= 11 is 9.31. The van der Waals surface area contributed by atoms with Crippen LogP contribution in [-0.2, 0) is 0 Å². The summed E-state index contributed by atoms with van der Waals surface area (Å²) in [5.41, 5.74) is 2.26. The first kappa shape index (κ1) is 9.82. The molecule has 0 aliphatic heterocycles. The fourth-order valence-electron chi connectivity index (χ4n) is 0.939. The van der Waals surface area contributed by atoms with Crippen LogP contribution in [0.2, 0.25) is 5.02 Å². The minimum absolute atomic E-state index is 0.812. The highest BCUT2D eigenvalue weighted by Crippen LogP contribution is 2.18. The van der Waals surface area contributed by atoms with E-state index >= 15 is 0 Å². The second kappa shape index (κ2) is 4.68. The molecule has 0 aliphatic carbocycles. The molecule has 0 bridgehead atoms. The van der Waals surface area contributed by atoms with E-state index in [1.165, 1.54) is 5.56 Å². The highest BCUT2D eigenvalue weighted by molar-refractivity contribution is 9.09. The van der Waals surface area contributed by atoms with Crippen LogP contribution in [0.1, 0.15) is 11.1 Å². The van der Waals surface area contributed by atoms with E-state index in [1.54, 1.807) is 0 Å². The van der Waals surface area contributed by atoms with Crippen molar-refractivity contribution in [3.63, 3.8) is 0 Å². The molecule has 1 rings (SSSR count). The standard InChI is InChI=1S/C10H10BrCl/c1-8-4-5-9(3-2-6-11)10(12)7-8/h2-5,7H,6H2,1H3/b3-2+. The quantitative estimate of drug-likeness (QED) is 0.690. The van der Waals surface area contributed by atoms with Gasteiger partial charge < -0.3 is 0 Å². The van der Waals surface area contributed by atoms with Crippen molar-refractivity contribution in [2.24, 2.45) is 0 Å². The number of rotatable bonds is 2. The van der Waals surface area contributed by atoms with E-state index in [-0.39, 0.29) is 0 Å². The van der Waals surface area contributed by atoms with Gasteiger partial charge in [-0.1, -0.05) is 51.8 Å². The molecule has 64 valence electrons. The zero-order valence-electron chi connectivity index (χ0n) is 6.85. The molecular weight excluding hydrogens is 235 g/mol. The first-order valence-electron chi connectivity index (χ1n) is 3.72. The molecule has 1 aromatic carbocycles. The van der Waals surface area contributed by atoms with E-state index in [9.17, 15) is 0 Å². The third-order valence-corrected chi connectivity index (χ3v) is 2.24. The normalized spacial score (nSPS) is 10.9. The van der Waals surface area contributed by atoms with Crippen LogP contribution < -0.4 is 0 Å². The lowest BCUT2D eigenvalue weighted by atomic mass is 10.1. The molecule has 0 nitrogen and oxygen atoms in total. The Hall–Kier alpha value is -0.270. The summed E-state index contributed by atoms with van der Waals surface area (Å²) in [6.07, 6.45) is 4.03. The zero-order chi connectivity index (χ0) is 8.97. The number of allylic oxidation sites excluding steroid dienone is 1. The van der Waals surface area contributed by atoms with Gasteiger partial charge in [-0.15, -0.1) is 0 Å². The van der Waals surface area contributed by atoms with Crippen LogP contribution in [0.3, 0.4) is 0 Å². The Kier molecular flexibility index (Phi) is 3.83. The van der Waals surface area contributed by atoms with Crippen LogP contribution >= 0.6 is 27.5 Å². The summed E-state index contributed by atoms with van der Waals surface area (Å²) in [7, 11) is 0. The van der Waals surface area contributed by atoms with E-state index < -0.39 is 0 Å². The third-order valence-electron chi connectivity index (χ3n) is 1.54. The van der Waals surface area contributed by atoms with Gasteiger partial charge >= 0.3 is 0 Å². The first-order chi connectivity index (χ1) is 5.74. The molecule has 1 aromatic rings. The van der Waals surface area contributed by atoms with E-state index in [0.717, 1.165) is 15.9 Å². The maximum Gasteiger partial charge on any atom is 0.0480 e. The van der Waals surface area contributed by atoms with Crippen molar-refractivity contribution in [2.45, 2.75) is 6.92 Å². The largest absolute Gasteiger partial charge is 0.0883 e. The second-order valence-electron chi connectivity index (χ2n) is 2.58. The second-order valence-corrected chi connectivity index (χ2v) is 3.64. The van der Waals surface area contributed by atoms with Gasteiger partial charge in [-0.05, 0) is 24.1 Å². The van der Waals surface area contributed by atoms with Crippen LogP contribution in [0, 0.1) is 6.92 Å². The Morgan fingerprint density at radius 1 is 1.50 bits per heavy atom. The number of aryl methyl sites for hydroxylation is 1. The molecule has 0 heterocycles. The summed E-state index contributed by atoms with van der Waals surface area (Å²) in [5.74, 6) is 0. The maximum atomic E-state index is 6.00. The van der Waals surface area contributed by atoms with Crippen molar-refractivity contribution in [3.05, 3.63) is 40.4 Å². The SMILES string of the molecule is Cc1ccc(/C=C/CBr)c(Cl)c1. The van der Waals surface area contributed by atoms with Crippen LogP contribution in [0.4, 0.5) is 0 Å². The Morgan fingerprint density at radius 2 is 2.25 bits per heavy atom. The third kappa shape index (κ3) is 2.65. The molecule has 0 radical (unpaired) electrons. The monoisotopic (exact) mass is 244 g/mol. The highest BCUT2D eigenvalue weighted by Gasteiger charge is 1.94. The van der Waals surface area contributed by atoms with Gasteiger partial charge in [-0.25, -0.2) is 0 Å². The molecule has 0 aromatic heterocycles. The summed E-state index contributed by atoms with van der Waals surface area (Å²) in [6, 6.07) is 6.05. The molecule has 2 heteroatoms. The molecular formula is C10H10BrCl. The predicted molar refractivity (Wildman–Crippen MR) is 59.0 cm³/mol. The number of benzene rings is 1. The highest BCUT2D eigenvalue weighted by atomic mass is 79.9. The molecule has 0 amide bonds. The van der Waals surface area contributed by atoms with Gasteiger partial charge in [0, 0.05) is 10.4 Å². The number of halogens is 2. The van der Waals surface area contributed by atoms with E-state index in [1.807, 2.05) is 31.2 Å². The average Bonchev–Trinajstić information content (AvgIpc) is 2.03. The molecule has 12 heavy (non-hydrogen) atoms. The smallest absolute Gasteiger partial charge is 0.0480 e. The van der Waals surface area contributed by atoms with Gasteiger partial charge in [0.25, 0.3) is 0 Å². The first-order valence-corrected chi connectivity index (χ1v) is 5.22. The summed E-state index contributed by atoms with van der Waals surface area (Å²) < 4.78 is 0. The van der Waals surface area contributed by atoms with E-state index in [2.05, 4.69) is 22.0 Å². The van der Waals surface area contributed by atoms with Gasteiger partial charge in [-0.2, -0.15) is 0 Å². The minimum atomic E-state index is 0.812. The topological polar surface area (TPSA) is 0 Å². The van der Waals surface area contributed by atoms with Gasteiger partial charge in [-0.3, -0.25) is 0 Å². The van der Waals surface area contributed by atoms with Crippen molar-refractivity contribution in [1.29, 1.82) is 0 Å². The van der Waals surface area contributed by atoms with E-state index in [4.69, 9.17) is 11.6 Å². The molecule has 0 spiro atoms. The van der Waals surface area contributed by atoms with Gasteiger partial charge in [0.05, 0.1) is 0 Å². The van der Waals surface area contributed by atoms with Crippen LogP contribution in [-0.4, -0.2) is 5.33 Å². The van der Waals surface area contributed by atoms with Crippen LogP contribution in [0.25, 0.3) is 6.08 Å². The zero-order valence-corrected chi connectivity index (χ0v) is 9.19. The van der Waals surface area contributed by atoms with Crippen LogP contribution in [0.15, 0.2) is 24.3 Å². The van der Waals surface area contributed by atoms with E-state index in [0.29, 0.717) is 0 Å². The average molecular weight is 246 g/mol. The number of alkyl halides is 1. The fourth-order valence-corrected chi connectivity index (χ4v) is 1.42. The Bertz CT molecular complexity index is 292. The number of hydrogen-bond donors (Lipinski definition) is 0. The Balaban J connectivity index is 2.94. The van der Waals surface area contributed by atoms with Gasteiger partial charge in [0.15, 0.2) is 0 Å². The molecule has 0 aliphatic rings. The van der Waals surface area contributed by atoms with Gasteiger partial charge in [0.1, 0.15) is 0 Å². The molecule has 0 saturated carbocycles. The lowest BCUT2D eigenvalue weighted by molar-refractivity contribution is 1.46. The summed E-state index contributed by atoms with van der Waals surface area (Å²) in [4.78, 5) is 0. The molecule has 0 N–H and O–H groups in total. The lowest BCUT2D eigenvalue weighted by Gasteiger charge is -1.98. The van der Waals surface area contributed by atoms with Crippen molar-refractivity contribution < 1.29 is 0 Å². The van der Waals surface area contributed by atoms with Crippen molar-refractivity contribution >= 4 is 33.6 Å². The number of hydrogen-bond acceptors (Lipinski definition) is 0. The Labute approximate surface area is 86.4 Å².